The molecule has 3 rings (SSSR count). The molecule has 1 aromatic heterocycles. The van der Waals surface area contributed by atoms with Crippen LogP contribution < -0.4 is 9.47 Å². The Kier molecular flexibility index (Phi) is 3.13. The van der Waals surface area contributed by atoms with E-state index < -0.39 is 4.92 Å². The molecule has 8 heteroatoms. The number of rotatable bonds is 3. The van der Waals surface area contributed by atoms with Gasteiger partial charge in [0.1, 0.15) is 17.2 Å². The van der Waals surface area contributed by atoms with Crippen LogP contribution >= 0.6 is 0 Å². The summed E-state index contributed by atoms with van der Waals surface area (Å²) in [6.45, 7) is 0. The van der Waals surface area contributed by atoms with Gasteiger partial charge in [0.05, 0.1) is 12.7 Å². The van der Waals surface area contributed by atoms with Crippen molar-refractivity contribution in [3.63, 3.8) is 0 Å². The molecule has 0 unspecified atom stereocenters. The van der Waals surface area contributed by atoms with Crippen LogP contribution in [0, 0.1) is 10.1 Å². The summed E-state index contributed by atoms with van der Waals surface area (Å²) in [7, 11) is 3.10. The summed E-state index contributed by atoms with van der Waals surface area (Å²) in [5, 5.41) is 11.0. The molecule has 0 radical (unpaired) electrons. The second kappa shape index (κ2) is 4.99. The number of ether oxygens (including phenoxy) is 2. The molecule has 8 nitrogen and oxygen atoms in total. The molecular formula is C14H11N3O5. The maximum Gasteiger partial charge on any atom is 0.389 e. The minimum atomic E-state index is -0.609. The quantitative estimate of drug-likeness (QED) is 0.488. The molecule has 1 aromatic carbocycles. The Balaban J connectivity index is 2.03. The van der Waals surface area contributed by atoms with Crippen LogP contribution in [0.3, 0.4) is 0 Å². The van der Waals surface area contributed by atoms with Crippen molar-refractivity contribution in [1.29, 1.82) is 0 Å². The van der Waals surface area contributed by atoms with Gasteiger partial charge in [-0.2, -0.15) is 0 Å². The monoisotopic (exact) mass is 301 g/mol. The minimum absolute atomic E-state index is 0.00922. The fourth-order valence-electron chi connectivity index (χ4n) is 2.15. The first-order valence-corrected chi connectivity index (χ1v) is 6.29. The molecule has 1 aliphatic heterocycles. The van der Waals surface area contributed by atoms with Crippen molar-refractivity contribution < 1.29 is 19.2 Å². The van der Waals surface area contributed by atoms with E-state index >= 15 is 0 Å². The Labute approximate surface area is 124 Å². The summed E-state index contributed by atoms with van der Waals surface area (Å²) < 4.78 is 12.0. The third kappa shape index (κ3) is 2.10. The van der Waals surface area contributed by atoms with Crippen molar-refractivity contribution in [2.75, 3.05) is 7.11 Å². The predicted octanol–water partition coefficient (Wildman–Crippen LogP) is 1.95. The van der Waals surface area contributed by atoms with Crippen LogP contribution in [-0.4, -0.2) is 27.4 Å². The zero-order valence-corrected chi connectivity index (χ0v) is 11.8. The molecule has 0 aliphatic carbocycles. The number of nitro groups is 1. The van der Waals surface area contributed by atoms with Crippen molar-refractivity contribution in [1.82, 2.24) is 9.55 Å². The molecule has 0 amide bonds. The van der Waals surface area contributed by atoms with Gasteiger partial charge in [-0.3, -0.25) is 4.79 Å². The number of imidazole rings is 1. The minimum Gasteiger partial charge on any atom is -0.497 e. The standard InChI is InChI=1S/C14H11N3O5/c1-16-7-15-14(17(19)20)10(16)6-12-13(18)9-5-8(21-2)3-4-11(9)22-12/h3-7H,1-2H3/b12-6-. The number of methoxy groups -OCH3 is 1. The Morgan fingerprint density at radius 3 is 2.91 bits per heavy atom. The summed E-state index contributed by atoms with van der Waals surface area (Å²) >= 11 is 0. The van der Waals surface area contributed by atoms with E-state index in [0.717, 1.165) is 0 Å². The van der Waals surface area contributed by atoms with E-state index in [9.17, 15) is 14.9 Å². The van der Waals surface area contributed by atoms with Crippen LogP contribution in [-0.2, 0) is 7.05 Å². The molecular weight excluding hydrogens is 290 g/mol. The summed E-state index contributed by atoms with van der Waals surface area (Å²) in [6, 6.07) is 4.85. The molecule has 0 saturated carbocycles. The zero-order chi connectivity index (χ0) is 15.9. The molecule has 112 valence electrons. The van der Waals surface area contributed by atoms with Gasteiger partial charge in [-0.15, -0.1) is 0 Å². The van der Waals surface area contributed by atoms with E-state index in [0.29, 0.717) is 17.1 Å². The molecule has 2 aromatic rings. The number of carbonyl (C=O) groups is 1. The van der Waals surface area contributed by atoms with Gasteiger partial charge in [0.15, 0.2) is 5.76 Å². The number of aromatic nitrogens is 2. The molecule has 0 fully saturated rings. The lowest BCUT2D eigenvalue weighted by atomic mass is 10.1. The molecule has 0 N–H and O–H groups in total. The number of aryl methyl sites for hydroxylation is 1. The third-order valence-corrected chi connectivity index (χ3v) is 3.28. The van der Waals surface area contributed by atoms with Crippen LogP contribution in [0.2, 0.25) is 0 Å². The van der Waals surface area contributed by atoms with E-state index in [1.165, 1.54) is 24.1 Å². The number of fused-ring (bicyclic) bond motifs is 1. The zero-order valence-electron chi connectivity index (χ0n) is 11.8. The Bertz CT molecular complexity index is 822. The highest BCUT2D eigenvalue weighted by Gasteiger charge is 2.30. The fraction of sp³-hybridized carbons (Fsp3) is 0.143. The number of hydrogen-bond acceptors (Lipinski definition) is 6. The Morgan fingerprint density at radius 1 is 1.45 bits per heavy atom. The van der Waals surface area contributed by atoms with Crippen molar-refractivity contribution in [2.45, 2.75) is 0 Å². The lowest BCUT2D eigenvalue weighted by Gasteiger charge is -2.00. The first-order chi connectivity index (χ1) is 10.5. The van der Waals surface area contributed by atoms with Crippen LogP contribution in [0.15, 0.2) is 30.3 Å². The Morgan fingerprint density at radius 2 is 2.23 bits per heavy atom. The second-order valence-electron chi connectivity index (χ2n) is 4.62. The topological polar surface area (TPSA) is 96.5 Å². The van der Waals surface area contributed by atoms with E-state index in [-0.39, 0.29) is 23.1 Å². The van der Waals surface area contributed by atoms with Gasteiger partial charge in [-0.1, -0.05) is 0 Å². The summed E-state index contributed by atoms with van der Waals surface area (Å²) in [5.41, 5.74) is 0.545. The van der Waals surface area contributed by atoms with Crippen LogP contribution in [0.25, 0.3) is 6.08 Å². The molecule has 0 atom stereocenters. The number of carbonyl (C=O) groups excluding carboxylic acids is 1. The van der Waals surface area contributed by atoms with E-state index in [1.807, 2.05) is 0 Å². The largest absolute Gasteiger partial charge is 0.497 e. The second-order valence-corrected chi connectivity index (χ2v) is 4.62. The van der Waals surface area contributed by atoms with Gasteiger partial charge in [-0.05, 0) is 28.1 Å². The highest BCUT2D eigenvalue weighted by atomic mass is 16.6. The molecule has 22 heavy (non-hydrogen) atoms. The average molecular weight is 301 g/mol. The number of benzene rings is 1. The normalized spacial score (nSPS) is 14.8. The lowest BCUT2D eigenvalue weighted by Crippen LogP contribution is -2.01. The molecule has 1 aliphatic rings. The average Bonchev–Trinajstić information content (AvgIpc) is 3.01. The first kappa shape index (κ1) is 13.8. The van der Waals surface area contributed by atoms with Gasteiger partial charge >= 0.3 is 5.82 Å². The van der Waals surface area contributed by atoms with E-state index in [2.05, 4.69) is 4.98 Å². The molecule has 2 heterocycles. The van der Waals surface area contributed by atoms with Crippen molar-refractivity contribution in [2.24, 2.45) is 7.05 Å². The van der Waals surface area contributed by atoms with Crippen molar-refractivity contribution in [3.8, 4) is 11.5 Å². The SMILES string of the molecule is COc1ccc2c(c1)C(=O)/C(=C/c1c([N+](=O)[O-])ncn1C)O2. The van der Waals surface area contributed by atoms with Gasteiger partial charge < -0.3 is 24.2 Å². The van der Waals surface area contributed by atoms with Gasteiger partial charge in [0.25, 0.3) is 0 Å². The fourth-order valence-corrected chi connectivity index (χ4v) is 2.15. The number of hydrogen-bond donors (Lipinski definition) is 0. The highest BCUT2D eigenvalue weighted by molar-refractivity contribution is 6.14. The van der Waals surface area contributed by atoms with E-state index in [4.69, 9.17) is 9.47 Å². The van der Waals surface area contributed by atoms with Crippen molar-refractivity contribution in [3.05, 3.63) is 51.7 Å². The van der Waals surface area contributed by atoms with Crippen LogP contribution in [0.4, 0.5) is 5.82 Å². The number of nitrogens with zero attached hydrogens (tertiary/aromatic N) is 3. The van der Waals surface area contributed by atoms with Crippen molar-refractivity contribution >= 4 is 17.7 Å². The predicted molar refractivity (Wildman–Crippen MR) is 75.8 cm³/mol. The molecule has 0 saturated heterocycles. The molecule has 0 spiro atoms. The highest BCUT2D eigenvalue weighted by Crippen LogP contribution is 2.35. The number of Topliss-reactive ketones (excluding diaryl/α,β-unsaturated/α-hetero) is 1. The summed E-state index contributed by atoms with van der Waals surface area (Å²) in [4.78, 5) is 26.4. The van der Waals surface area contributed by atoms with Gasteiger partial charge in [0.2, 0.25) is 12.1 Å². The van der Waals surface area contributed by atoms with Crippen LogP contribution in [0.1, 0.15) is 16.1 Å². The smallest absolute Gasteiger partial charge is 0.389 e. The van der Waals surface area contributed by atoms with E-state index in [1.54, 1.807) is 25.2 Å². The van der Waals surface area contributed by atoms with Gasteiger partial charge in [-0.25, -0.2) is 0 Å². The number of ketones is 1. The lowest BCUT2D eigenvalue weighted by molar-refractivity contribution is -0.389. The summed E-state index contributed by atoms with van der Waals surface area (Å²) in [5.74, 6) is 0.240. The van der Waals surface area contributed by atoms with Crippen LogP contribution in [0.5, 0.6) is 11.5 Å². The number of allylic oxidation sites excluding steroid dienone is 1. The first-order valence-electron chi connectivity index (χ1n) is 6.29. The summed E-state index contributed by atoms with van der Waals surface area (Å²) in [6.07, 6.45) is 2.63. The third-order valence-electron chi connectivity index (χ3n) is 3.28. The maximum absolute atomic E-state index is 12.3. The Hall–Kier alpha value is -3.16. The van der Waals surface area contributed by atoms with Gasteiger partial charge in [0, 0.05) is 13.1 Å². The maximum atomic E-state index is 12.3. The molecule has 0 bridgehead atoms.